The molecular weight excluding hydrogens is 294 g/mol. The Bertz CT molecular complexity index is 362. The molecule has 0 atom stereocenters. The Kier molecular flexibility index (Phi) is 4.32. The van der Waals surface area contributed by atoms with Crippen molar-refractivity contribution in [2.24, 2.45) is 5.41 Å². The first-order valence-electron chi connectivity index (χ1n) is 6.41. The van der Waals surface area contributed by atoms with Crippen LogP contribution in [-0.4, -0.2) is 18.0 Å². The maximum Gasteiger partial charge on any atom is 0.0701 e. The topological polar surface area (TPSA) is 3.24 Å². The van der Waals surface area contributed by atoms with Gasteiger partial charge in [0.25, 0.3) is 0 Å². The van der Waals surface area contributed by atoms with Crippen LogP contribution in [0.5, 0.6) is 0 Å². The molecule has 0 amide bonds. The molecule has 0 aromatic carbocycles. The third-order valence-corrected chi connectivity index (χ3v) is 5.57. The molecule has 1 fully saturated rings. The highest BCUT2D eigenvalue weighted by Gasteiger charge is 2.28. The van der Waals surface area contributed by atoms with E-state index in [0.29, 0.717) is 5.41 Å². The number of rotatable bonds is 3. The van der Waals surface area contributed by atoms with E-state index in [0.717, 1.165) is 12.6 Å². The molecule has 1 nitrogen and oxygen atoms in total. The minimum atomic E-state index is 0.573. The molecule has 1 aliphatic carbocycles. The molecule has 96 valence electrons. The standard InChI is InChI=1S/C14H22BrNS/c1-14(2)8-6-11(7-9-14)16(3)10-12-4-5-13(15)17-12/h4-5,11H,6-10H2,1-3H3. The average molecular weight is 316 g/mol. The first kappa shape index (κ1) is 13.6. The molecule has 0 bridgehead atoms. The Hall–Kier alpha value is 0.140. The van der Waals surface area contributed by atoms with Crippen molar-refractivity contribution in [3.8, 4) is 0 Å². The second-order valence-corrected chi connectivity index (χ2v) is 8.56. The van der Waals surface area contributed by atoms with E-state index < -0.39 is 0 Å². The summed E-state index contributed by atoms with van der Waals surface area (Å²) >= 11 is 5.39. The van der Waals surface area contributed by atoms with Crippen molar-refractivity contribution in [3.63, 3.8) is 0 Å². The lowest BCUT2D eigenvalue weighted by Crippen LogP contribution is -2.36. The molecule has 3 heteroatoms. The molecule has 0 aliphatic heterocycles. The normalized spacial score (nSPS) is 21.0. The molecule has 1 aromatic heterocycles. The summed E-state index contributed by atoms with van der Waals surface area (Å²) in [5, 5.41) is 0. The number of hydrogen-bond donors (Lipinski definition) is 0. The van der Waals surface area contributed by atoms with Crippen LogP contribution in [0, 0.1) is 5.41 Å². The number of thiophene rings is 1. The molecule has 1 aromatic rings. The highest BCUT2D eigenvalue weighted by atomic mass is 79.9. The largest absolute Gasteiger partial charge is 0.298 e. The van der Waals surface area contributed by atoms with Crippen LogP contribution in [0.3, 0.4) is 0 Å². The molecular formula is C14H22BrNS. The van der Waals surface area contributed by atoms with Crippen LogP contribution in [0.15, 0.2) is 15.9 Å². The van der Waals surface area contributed by atoms with Crippen molar-refractivity contribution >= 4 is 27.3 Å². The second kappa shape index (κ2) is 5.41. The molecule has 0 radical (unpaired) electrons. The fourth-order valence-corrected chi connectivity index (χ4v) is 4.18. The van der Waals surface area contributed by atoms with Crippen LogP contribution in [0.4, 0.5) is 0 Å². The minimum Gasteiger partial charge on any atom is -0.298 e. The fourth-order valence-electron chi connectivity index (χ4n) is 2.64. The summed E-state index contributed by atoms with van der Waals surface area (Å²) in [5.41, 5.74) is 0.573. The number of hydrogen-bond acceptors (Lipinski definition) is 2. The van der Waals surface area contributed by atoms with Gasteiger partial charge in [0.2, 0.25) is 0 Å². The smallest absolute Gasteiger partial charge is 0.0701 e. The van der Waals surface area contributed by atoms with Gasteiger partial charge in [-0.2, -0.15) is 0 Å². The van der Waals surface area contributed by atoms with Crippen LogP contribution >= 0.6 is 27.3 Å². The molecule has 0 spiro atoms. The Balaban J connectivity index is 1.87. The Morgan fingerprint density at radius 1 is 1.35 bits per heavy atom. The van der Waals surface area contributed by atoms with Crippen molar-refractivity contribution in [1.82, 2.24) is 4.90 Å². The van der Waals surface area contributed by atoms with E-state index >= 15 is 0 Å². The summed E-state index contributed by atoms with van der Waals surface area (Å²) in [6.45, 7) is 5.90. The zero-order valence-electron chi connectivity index (χ0n) is 11.0. The van der Waals surface area contributed by atoms with Crippen LogP contribution in [0.25, 0.3) is 0 Å². The Labute approximate surface area is 117 Å². The summed E-state index contributed by atoms with van der Waals surface area (Å²) in [5.74, 6) is 0. The summed E-state index contributed by atoms with van der Waals surface area (Å²) < 4.78 is 1.24. The van der Waals surface area contributed by atoms with Gasteiger partial charge in [-0.05, 0) is 66.2 Å². The van der Waals surface area contributed by atoms with Crippen LogP contribution in [0.1, 0.15) is 44.4 Å². The quantitative estimate of drug-likeness (QED) is 0.766. The Morgan fingerprint density at radius 3 is 2.53 bits per heavy atom. The van der Waals surface area contributed by atoms with E-state index in [1.165, 1.54) is 34.3 Å². The van der Waals surface area contributed by atoms with Crippen molar-refractivity contribution < 1.29 is 0 Å². The third kappa shape index (κ3) is 3.80. The van der Waals surface area contributed by atoms with Gasteiger partial charge in [-0.1, -0.05) is 13.8 Å². The van der Waals surface area contributed by atoms with E-state index in [1.54, 1.807) is 0 Å². The zero-order valence-corrected chi connectivity index (χ0v) is 13.4. The molecule has 0 N–H and O–H groups in total. The SMILES string of the molecule is CN(Cc1ccc(Br)s1)C1CCC(C)(C)CC1. The maximum atomic E-state index is 3.53. The van der Waals surface area contributed by atoms with E-state index in [-0.39, 0.29) is 0 Å². The number of halogens is 1. The van der Waals surface area contributed by atoms with Crippen LogP contribution in [-0.2, 0) is 6.54 Å². The van der Waals surface area contributed by atoms with Crippen molar-refractivity contribution in [1.29, 1.82) is 0 Å². The molecule has 1 aliphatic rings. The summed E-state index contributed by atoms with van der Waals surface area (Å²) in [4.78, 5) is 4.00. The first-order chi connectivity index (χ1) is 7.96. The van der Waals surface area contributed by atoms with Gasteiger partial charge in [-0.3, -0.25) is 4.90 Å². The van der Waals surface area contributed by atoms with Gasteiger partial charge in [0.05, 0.1) is 3.79 Å². The maximum absolute atomic E-state index is 3.53. The zero-order chi connectivity index (χ0) is 12.5. The third-order valence-electron chi connectivity index (χ3n) is 3.97. The van der Waals surface area contributed by atoms with E-state index in [9.17, 15) is 0 Å². The van der Waals surface area contributed by atoms with Gasteiger partial charge in [-0.15, -0.1) is 11.3 Å². The van der Waals surface area contributed by atoms with Crippen LogP contribution in [0.2, 0.25) is 0 Å². The fraction of sp³-hybridized carbons (Fsp3) is 0.714. The summed E-state index contributed by atoms with van der Waals surface area (Å²) in [6.07, 6.45) is 5.46. The predicted octanol–water partition coefficient (Wildman–Crippen LogP) is 4.91. The van der Waals surface area contributed by atoms with E-state index in [4.69, 9.17) is 0 Å². The molecule has 0 unspecified atom stereocenters. The minimum absolute atomic E-state index is 0.573. The van der Waals surface area contributed by atoms with Gasteiger partial charge in [0.15, 0.2) is 0 Å². The van der Waals surface area contributed by atoms with Gasteiger partial charge in [-0.25, -0.2) is 0 Å². The highest BCUT2D eigenvalue weighted by molar-refractivity contribution is 9.11. The molecule has 17 heavy (non-hydrogen) atoms. The highest BCUT2D eigenvalue weighted by Crippen LogP contribution is 2.37. The van der Waals surface area contributed by atoms with E-state index in [1.807, 2.05) is 11.3 Å². The van der Waals surface area contributed by atoms with Gasteiger partial charge < -0.3 is 0 Å². The van der Waals surface area contributed by atoms with Gasteiger partial charge in [0.1, 0.15) is 0 Å². The number of nitrogens with zero attached hydrogens (tertiary/aromatic N) is 1. The summed E-state index contributed by atoms with van der Waals surface area (Å²) in [6, 6.07) is 5.17. The monoisotopic (exact) mass is 315 g/mol. The predicted molar refractivity (Wildman–Crippen MR) is 79.5 cm³/mol. The van der Waals surface area contributed by atoms with Crippen molar-refractivity contribution in [2.75, 3.05) is 7.05 Å². The lowest BCUT2D eigenvalue weighted by atomic mass is 9.75. The molecule has 0 saturated heterocycles. The lowest BCUT2D eigenvalue weighted by Gasteiger charge is -2.38. The lowest BCUT2D eigenvalue weighted by molar-refractivity contribution is 0.124. The average Bonchev–Trinajstić information content (AvgIpc) is 2.63. The summed E-state index contributed by atoms with van der Waals surface area (Å²) in [7, 11) is 2.27. The van der Waals surface area contributed by atoms with Crippen molar-refractivity contribution in [3.05, 3.63) is 20.8 Å². The van der Waals surface area contributed by atoms with E-state index in [2.05, 4.69) is 53.9 Å². The second-order valence-electron chi connectivity index (χ2n) is 6.02. The van der Waals surface area contributed by atoms with Gasteiger partial charge in [0, 0.05) is 17.5 Å². The first-order valence-corrected chi connectivity index (χ1v) is 8.02. The molecule has 1 heterocycles. The molecule has 1 saturated carbocycles. The molecule has 2 rings (SSSR count). The van der Waals surface area contributed by atoms with Crippen molar-refractivity contribution in [2.45, 2.75) is 52.1 Å². The Morgan fingerprint density at radius 2 is 2.00 bits per heavy atom. The van der Waals surface area contributed by atoms with Gasteiger partial charge >= 0.3 is 0 Å². The van der Waals surface area contributed by atoms with Crippen LogP contribution < -0.4 is 0 Å².